The SMILES string of the molecule is C[C@@H](c1ccc(F)cc1)N1c2cc(OCCN3CCCC3)ccc2C(N)N(c2cc(C3CC3)[nH]n2)C1N. The second-order valence-electron chi connectivity index (χ2n) is 10.5. The molecule has 5 N–H and O–H groups in total. The molecule has 0 bridgehead atoms. The number of ether oxygens (including phenoxy) is 1. The van der Waals surface area contributed by atoms with Gasteiger partial charge in [-0.3, -0.25) is 15.7 Å². The van der Waals surface area contributed by atoms with Crippen molar-refractivity contribution in [2.45, 2.75) is 57.0 Å². The quantitative estimate of drug-likeness (QED) is 0.422. The number of fused-ring (bicyclic) bond motifs is 1. The average Bonchev–Trinajstić information content (AvgIpc) is 3.39. The van der Waals surface area contributed by atoms with E-state index in [-0.39, 0.29) is 11.9 Å². The van der Waals surface area contributed by atoms with Crippen molar-refractivity contribution in [1.29, 1.82) is 0 Å². The van der Waals surface area contributed by atoms with Crippen LogP contribution >= 0.6 is 0 Å². The maximum Gasteiger partial charge on any atom is 0.158 e. The second kappa shape index (κ2) is 9.96. The van der Waals surface area contributed by atoms with Gasteiger partial charge < -0.3 is 20.3 Å². The smallest absolute Gasteiger partial charge is 0.158 e. The van der Waals surface area contributed by atoms with Crippen LogP contribution in [0, 0.1) is 5.82 Å². The number of H-pyrrole nitrogens is 1. The molecule has 37 heavy (non-hydrogen) atoms. The molecular formula is C28H36FN7O. The van der Waals surface area contributed by atoms with Crippen LogP contribution in [0.25, 0.3) is 0 Å². The van der Waals surface area contributed by atoms with E-state index in [1.807, 2.05) is 23.1 Å². The van der Waals surface area contributed by atoms with Crippen LogP contribution in [0.15, 0.2) is 48.5 Å². The number of hydrogen-bond acceptors (Lipinski definition) is 7. The van der Waals surface area contributed by atoms with Crippen LogP contribution in [0.4, 0.5) is 15.9 Å². The Labute approximate surface area is 217 Å². The monoisotopic (exact) mass is 505 g/mol. The molecule has 3 aromatic rings. The molecule has 8 nitrogen and oxygen atoms in total. The molecule has 0 radical (unpaired) electrons. The molecule has 3 heterocycles. The van der Waals surface area contributed by atoms with Crippen LogP contribution in [-0.2, 0) is 0 Å². The molecule has 3 atom stereocenters. The van der Waals surface area contributed by atoms with Gasteiger partial charge in [-0.1, -0.05) is 12.1 Å². The third-order valence-corrected chi connectivity index (χ3v) is 7.98. The molecule has 1 saturated carbocycles. The Morgan fingerprint density at radius 2 is 1.84 bits per heavy atom. The molecule has 196 valence electrons. The van der Waals surface area contributed by atoms with Crippen LogP contribution in [-0.4, -0.2) is 47.6 Å². The molecule has 0 spiro atoms. The van der Waals surface area contributed by atoms with Gasteiger partial charge in [0.2, 0.25) is 0 Å². The number of aromatic nitrogens is 2. The highest BCUT2D eigenvalue weighted by atomic mass is 19.1. The number of hydrogen-bond donors (Lipinski definition) is 3. The van der Waals surface area contributed by atoms with Gasteiger partial charge in [0.25, 0.3) is 0 Å². The van der Waals surface area contributed by atoms with E-state index < -0.39 is 12.5 Å². The second-order valence-corrected chi connectivity index (χ2v) is 10.5. The van der Waals surface area contributed by atoms with Gasteiger partial charge in [0.05, 0.1) is 11.7 Å². The largest absolute Gasteiger partial charge is 0.492 e. The predicted octanol–water partition coefficient (Wildman–Crippen LogP) is 4.19. The van der Waals surface area contributed by atoms with Crippen molar-refractivity contribution in [3.05, 3.63) is 71.2 Å². The summed E-state index contributed by atoms with van der Waals surface area (Å²) in [4.78, 5) is 6.52. The lowest BCUT2D eigenvalue weighted by molar-refractivity contribution is 0.237. The molecule has 1 aromatic heterocycles. The molecule has 1 saturated heterocycles. The number of likely N-dealkylation sites (tertiary alicyclic amines) is 1. The van der Waals surface area contributed by atoms with E-state index in [0.717, 1.165) is 53.7 Å². The fourth-order valence-corrected chi connectivity index (χ4v) is 5.66. The molecule has 2 fully saturated rings. The van der Waals surface area contributed by atoms with Gasteiger partial charge in [0, 0.05) is 35.9 Å². The van der Waals surface area contributed by atoms with Crippen molar-refractivity contribution in [1.82, 2.24) is 15.1 Å². The molecule has 2 aromatic carbocycles. The first kappa shape index (κ1) is 24.2. The summed E-state index contributed by atoms with van der Waals surface area (Å²) >= 11 is 0. The molecule has 2 unspecified atom stereocenters. The number of aromatic amines is 1. The highest BCUT2D eigenvalue weighted by Gasteiger charge is 2.40. The van der Waals surface area contributed by atoms with Crippen molar-refractivity contribution in [2.75, 3.05) is 36.0 Å². The minimum absolute atomic E-state index is 0.147. The maximum absolute atomic E-state index is 13.7. The molecular weight excluding hydrogens is 469 g/mol. The first-order valence-electron chi connectivity index (χ1n) is 13.4. The lowest BCUT2D eigenvalue weighted by Crippen LogP contribution is -2.61. The number of nitrogens with one attached hydrogen (secondary N) is 1. The van der Waals surface area contributed by atoms with Crippen molar-refractivity contribution in [2.24, 2.45) is 11.5 Å². The summed E-state index contributed by atoms with van der Waals surface area (Å²) in [5.74, 6) is 1.80. The zero-order valence-corrected chi connectivity index (χ0v) is 21.3. The van der Waals surface area contributed by atoms with Crippen molar-refractivity contribution in [3.8, 4) is 5.75 Å². The maximum atomic E-state index is 13.7. The summed E-state index contributed by atoms with van der Waals surface area (Å²) in [5, 5.41) is 7.76. The van der Waals surface area contributed by atoms with Crippen LogP contribution in [0.3, 0.4) is 0 Å². The number of nitrogens with zero attached hydrogens (tertiary/aromatic N) is 4. The topological polar surface area (TPSA) is 99.7 Å². The lowest BCUT2D eigenvalue weighted by atomic mass is 9.99. The number of halogens is 1. The Hall–Kier alpha value is -3.14. The van der Waals surface area contributed by atoms with Gasteiger partial charge in [-0.2, -0.15) is 5.10 Å². The van der Waals surface area contributed by atoms with Gasteiger partial charge in [-0.05, 0) is 75.5 Å². The molecule has 0 amide bonds. The lowest BCUT2D eigenvalue weighted by Gasteiger charge is -2.49. The van der Waals surface area contributed by atoms with Crippen LogP contribution in [0.2, 0.25) is 0 Å². The summed E-state index contributed by atoms with van der Waals surface area (Å²) in [5.41, 5.74) is 17.7. The first-order chi connectivity index (χ1) is 18.0. The Morgan fingerprint density at radius 1 is 1.08 bits per heavy atom. The van der Waals surface area contributed by atoms with Crippen molar-refractivity contribution in [3.63, 3.8) is 0 Å². The normalized spacial score (nSPS) is 22.8. The van der Waals surface area contributed by atoms with Gasteiger partial charge in [-0.25, -0.2) is 4.39 Å². The van der Waals surface area contributed by atoms with E-state index in [1.54, 1.807) is 12.1 Å². The molecule has 6 rings (SSSR count). The van der Waals surface area contributed by atoms with E-state index >= 15 is 0 Å². The summed E-state index contributed by atoms with van der Waals surface area (Å²) in [7, 11) is 0. The fourth-order valence-electron chi connectivity index (χ4n) is 5.66. The zero-order chi connectivity index (χ0) is 25.5. The van der Waals surface area contributed by atoms with Gasteiger partial charge >= 0.3 is 0 Å². The Bertz CT molecular complexity index is 1220. The highest BCUT2D eigenvalue weighted by molar-refractivity contribution is 5.66. The standard InChI is InChI=1S/C28H36FN7O/c1-18(19-6-8-21(29)9-7-19)35-25-16-22(37-15-14-34-12-2-3-13-34)10-11-23(25)27(30)36(28(35)31)26-17-24(32-33-26)20-4-5-20/h6-11,16-18,20,27-28H,2-5,12-15,30-31H2,1H3,(H,32,33)/t18-,27?,28?/m0/s1. The van der Waals surface area contributed by atoms with Gasteiger partial charge in [0.1, 0.15) is 24.3 Å². The molecule has 2 aliphatic heterocycles. The third-order valence-electron chi connectivity index (χ3n) is 7.98. The van der Waals surface area contributed by atoms with E-state index in [1.165, 1.54) is 37.8 Å². The van der Waals surface area contributed by atoms with E-state index in [9.17, 15) is 4.39 Å². The minimum Gasteiger partial charge on any atom is -0.492 e. The van der Waals surface area contributed by atoms with Crippen molar-refractivity contribution >= 4 is 11.5 Å². The van der Waals surface area contributed by atoms with Crippen LogP contribution in [0.1, 0.15) is 67.6 Å². The van der Waals surface area contributed by atoms with E-state index in [4.69, 9.17) is 16.2 Å². The number of nitrogens with two attached hydrogens (primary N) is 2. The fraction of sp³-hybridized carbons (Fsp3) is 0.464. The minimum atomic E-state index is -0.585. The first-order valence-corrected chi connectivity index (χ1v) is 13.4. The zero-order valence-electron chi connectivity index (χ0n) is 21.3. The molecule has 9 heteroatoms. The molecule has 1 aliphatic carbocycles. The Morgan fingerprint density at radius 3 is 2.57 bits per heavy atom. The average molecular weight is 506 g/mol. The van der Waals surface area contributed by atoms with E-state index in [2.05, 4.69) is 33.0 Å². The summed E-state index contributed by atoms with van der Waals surface area (Å²) in [6.07, 6.45) is 3.82. The van der Waals surface area contributed by atoms with Crippen LogP contribution in [0.5, 0.6) is 5.75 Å². The van der Waals surface area contributed by atoms with Crippen molar-refractivity contribution < 1.29 is 9.13 Å². The summed E-state index contributed by atoms with van der Waals surface area (Å²) in [6.45, 7) is 5.92. The number of benzene rings is 2. The van der Waals surface area contributed by atoms with Gasteiger partial charge in [-0.15, -0.1) is 0 Å². The number of rotatable bonds is 8. The predicted molar refractivity (Wildman–Crippen MR) is 143 cm³/mol. The van der Waals surface area contributed by atoms with Crippen LogP contribution < -0.4 is 26.0 Å². The Balaban J connectivity index is 1.33. The summed E-state index contributed by atoms with van der Waals surface area (Å²) in [6, 6.07) is 14.6. The highest BCUT2D eigenvalue weighted by Crippen LogP contribution is 2.45. The molecule has 3 aliphatic rings. The van der Waals surface area contributed by atoms with E-state index in [0.29, 0.717) is 12.5 Å². The number of anilines is 2. The van der Waals surface area contributed by atoms with Gasteiger partial charge in [0.15, 0.2) is 12.1 Å². The third kappa shape index (κ3) is 4.79. The Kier molecular flexibility index (Phi) is 6.52. The summed E-state index contributed by atoms with van der Waals surface area (Å²) < 4.78 is 19.9.